The predicted octanol–water partition coefficient (Wildman–Crippen LogP) is 1.05. The van der Waals surface area contributed by atoms with E-state index >= 15 is 0 Å². The largest absolute Gasteiger partial charge is 0.496 e. The standard InChI is InChI=1S/C12H14N4O2/c1-8-3-4-9(5-10(8)18-2)6-13-12(17)11-14-7-15-16-11/h3-5,7H,6H2,1-2H3,(H,13,17)(H,14,15,16). The first-order chi connectivity index (χ1) is 8.70. The molecule has 6 nitrogen and oxygen atoms in total. The van der Waals surface area contributed by atoms with Crippen LogP contribution in [0.5, 0.6) is 5.75 Å². The molecule has 94 valence electrons. The normalized spacial score (nSPS) is 10.1. The molecule has 1 heterocycles. The summed E-state index contributed by atoms with van der Waals surface area (Å²) in [5.41, 5.74) is 2.02. The van der Waals surface area contributed by atoms with E-state index in [9.17, 15) is 4.79 Å². The highest BCUT2D eigenvalue weighted by Crippen LogP contribution is 2.18. The molecule has 0 atom stereocenters. The Morgan fingerprint density at radius 1 is 1.50 bits per heavy atom. The molecule has 0 saturated carbocycles. The van der Waals surface area contributed by atoms with Crippen LogP contribution in [-0.2, 0) is 6.54 Å². The number of amides is 1. The minimum Gasteiger partial charge on any atom is -0.496 e. The van der Waals surface area contributed by atoms with Crippen LogP contribution in [0.15, 0.2) is 24.5 Å². The number of hydrogen-bond donors (Lipinski definition) is 2. The summed E-state index contributed by atoms with van der Waals surface area (Å²) in [5, 5.41) is 8.93. The molecule has 0 fully saturated rings. The van der Waals surface area contributed by atoms with E-state index < -0.39 is 0 Å². The molecule has 0 radical (unpaired) electrons. The van der Waals surface area contributed by atoms with Crippen LogP contribution in [0.1, 0.15) is 21.7 Å². The number of ether oxygens (including phenoxy) is 1. The topological polar surface area (TPSA) is 79.9 Å². The number of hydrogen-bond acceptors (Lipinski definition) is 4. The maximum Gasteiger partial charge on any atom is 0.291 e. The molecule has 1 aromatic heterocycles. The van der Waals surface area contributed by atoms with Crippen LogP contribution in [0.2, 0.25) is 0 Å². The van der Waals surface area contributed by atoms with Gasteiger partial charge in [0.1, 0.15) is 12.1 Å². The number of rotatable bonds is 4. The Bertz CT molecular complexity index is 537. The van der Waals surface area contributed by atoms with Gasteiger partial charge in [-0.1, -0.05) is 12.1 Å². The van der Waals surface area contributed by atoms with E-state index in [4.69, 9.17) is 4.74 Å². The molecule has 0 saturated heterocycles. The Morgan fingerprint density at radius 3 is 3.00 bits per heavy atom. The maximum atomic E-state index is 11.6. The summed E-state index contributed by atoms with van der Waals surface area (Å²) < 4.78 is 5.22. The lowest BCUT2D eigenvalue weighted by Gasteiger charge is -2.08. The molecule has 6 heteroatoms. The predicted molar refractivity (Wildman–Crippen MR) is 65.3 cm³/mol. The zero-order chi connectivity index (χ0) is 13.0. The molecule has 18 heavy (non-hydrogen) atoms. The number of aromatic amines is 1. The van der Waals surface area contributed by atoms with Crippen LogP contribution < -0.4 is 10.1 Å². The number of benzene rings is 1. The molecule has 0 aliphatic heterocycles. The van der Waals surface area contributed by atoms with Crippen molar-refractivity contribution in [3.8, 4) is 5.75 Å². The fourth-order valence-electron chi connectivity index (χ4n) is 1.55. The van der Waals surface area contributed by atoms with Crippen molar-refractivity contribution in [2.75, 3.05) is 7.11 Å². The number of nitrogens with zero attached hydrogens (tertiary/aromatic N) is 2. The lowest BCUT2D eigenvalue weighted by Crippen LogP contribution is -2.24. The number of carbonyl (C=O) groups is 1. The molecule has 0 bridgehead atoms. The Labute approximate surface area is 104 Å². The van der Waals surface area contributed by atoms with E-state index in [2.05, 4.69) is 20.5 Å². The summed E-state index contributed by atoms with van der Waals surface area (Å²) in [6.07, 6.45) is 1.36. The summed E-state index contributed by atoms with van der Waals surface area (Å²) in [4.78, 5) is 15.4. The van der Waals surface area contributed by atoms with Gasteiger partial charge < -0.3 is 10.1 Å². The smallest absolute Gasteiger partial charge is 0.291 e. The van der Waals surface area contributed by atoms with E-state index in [-0.39, 0.29) is 11.7 Å². The minimum atomic E-state index is -0.309. The first-order valence-electron chi connectivity index (χ1n) is 5.48. The summed E-state index contributed by atoms with van der Waals surface area (Å²) in [6, 6.07) is 5.79. The van der Waals surface area contributed by atoms with E-state index in [0.29, 0.717) is 6.54 Å². The zero-order valence-corrected chi connectivity index (χ0v) is 10.2. The summed E-state index contributed by atoms with van der Waals surface area (Å²) in [5.74, 6) is 0.629. The van der Waals surface area contributed by atoms with Crippen LogP contribution in [-0.4, -0.2) is 28.2 Å². The second-order valence-corrected chi connectivity index (χ2v) is 3.81. The summed E-state index contributed by atoms with van der Waals surface area (Å²) in [7, 11) is 1.62. The second kappa shape index (κ2) is 5.31. The molecule has 2 rings (SSSR count). The van der Waals surface area contributed by atoms with Gasteiger partial charge in [0, 0.05) is 6.54 Å². The number of aryl methyl sites for hydroxylation is 1. The molecule has 1 amide bonds. The fraction of sp³-hybridized carbons (Fsp3) is 0.250. The monoisotopic (exact) mass is 246 g/mol. The molecule has 2 aromatic rings. The first kappa shape index (κ1) is 12.1. The van der Waals surface area contributed by atoms with Crippen molar-refractivity contribution in [1.82, 2.24) is 20.5 Å². The highest BCUT2D eigenvalue weighted by Gasteiger charge is 2.09. The van der Waals surface area contributed by atoms with Crippen molar-refractivity contribution in [3.63, 3.8) is 0 Å². The number of carbonyl (C=O) groups excluding carboxylic acids is 1. The maximum absolute atomic E-state index is 11.6. The van der Waals surface area contributed by atoms with Gasteiger partial charge in [0.2, 0.25) is 5.82 Å². The number of nitrogens with one attached hydrogen (secondary N) is 2. The molecule has 1 aromatic carbocycles. The lowest BCUT2D eigenvalue weighted by molar-refractivity contribution is 0.0941. The molecular formula is C12H14N4O2. The number of methoxy groups -OCH3 is 1. The second-order valence-electron chi connectivity index (χ2n) is 3.81. The molecular weight excluding hydrogens is 232 g/mol. The van der Waals surface area contributed by atoms with E-state index in [1.54, 1.807) is 7.11 Å². The van der Waals surface area contributed by atoms with Crippen LogP contribution in [0.25, 0.3) is 0 Å². The van der Waals surface area contributed by atoms with Gasteiger partial charge >= 0.3 is 0 Å². The summed E-state index contributed by atoms with van der Waals surface area (Å²) in [6.45, 7) is 2.37. The third-order valence-electron chi connectivity index (χ3n) is 2.54. The molecule has 0 unspecified atom stereocenters. The van der Waals surface area contributed by atoms with Gasteiger partial charge in [0.25, 0.3) is 5.91 Å². The minimum absolute atomic E-state index is 0.133. The average molecular weight is 246 g/mol. The van der Waals surface area contributed by atoms with Gasteiger partial charge in [-0.05, 0) is 24.1 Å². The Morgan fingerprint density at radius 2 is 2.33 bits per heavy atom. The zero-order valence-electron chi connectivity index (χ0n) is 10.2. The van der Waals surface area contributed by atoms with Crippen molar-refractivity contribution in [2.45, 2.75) is 13.5 Å². The lowest BCUT2D eigenvalue weighted by atomic mass is 10.1. The number of H-pyrrole nitrogens is 1. The van der Waals surface area contributed by atoms with Crippen LogP contribution in [0.4, 0.5) is 0 Å². The molecule has 0 aliphatic rings. The molecule has 2 N–H and O–H groups in total. The van der Waals surface area contributed by atoms with Gasteiger partial charge in [-0.2, -0.15) is 0 Å². The first-order valence-corrected chi connectivity index (χ1v) is 5.48. The quantitative estimate of drug-likeness (QED) is 0.845. The van der Waals surface area contributed by atoms with Crippen molar-refractivity contribution >= 4 is 5.91 Å². The highest BCUT2D eigenvalue weighted by atomic mass is 16.5. The van der Waals surface area contributed by atoms with Crippen LogP contribution >= 0.6 is 0 Å². The van der Waals surface area contributed by atoms with E-state index in [1.165, 1.54) is 6.33 Å². The third kappa shape index (κ3) is 2.65. The SMILES string of the molecule is COc1cc(CNC(=O)c2nc[nH]n2)ccc1C. The summed E-state index contributed by atoms with van der Waals surface area (Å²) >= 11 is 0. The van der Waals surface area contributed by atoms with Crippen LogP contribution in [0.3, 0.4) is 0 Å². The highest BCUT2D eigenvalue weighted by molar-refractivity contribution is 5.90. The third-order valence-corrected chi connectivity index (χ3v) is 2.54. The van der Waals surface area contributed by atoms with Crippen molar-refractivity contribution in [2.24, 2.45) is 0 Å². The molecule has 0 aliphatic carbocycles. The van der Waals surface area contributed by atoms with Gasteiger partial charge in [-0.15, -0.1) is 5.10 Å². The van der Waals surface area contributed by atoms with E-state index in [0.717, 1.165) is 16.9 Å². The van der Waals surface area contributed by atoms with E-state index in [1.807, 2.05) is 25.1 Å². The Balaban J connectivity index is 2.00. The van der Waals surface area contributed by atoms with Gasteiger partial charge in [0.05, 0.1) is 7.11 Å². The van der Waals surface area contributed by atoms with Crippen molar-refractivity contribution in [1.29, 1.82) is 0 Å². The van der Waals surface area contributed by atoms with Gasteiger partial charge in [0.15, 0.2) is 0 Å². The average Bonchev–Trinajstić information content (AvgIpc) is 2.91. The fourth-order valence-corrected chi connectivity index (χ4v) is 1.55. The number of aromatic nitrogens is 3. The van der Waals surface area contributed by atoms with Gasteiger partial charge in [-0.3, -0.25) is 9.89 Å². The van der Waals surface area contributed by atoms with Crippen molar-refractivity contribution in [3.05, 3.63) is 41.5 Å². The van der Waals surface area contributed by atoms with Crippen LogP contribution in [0, 0.1) is 6.92 Å². The Hall–Kier alpha value is -2.37. The Kier molecular flexibility index (Phi) is 3.57. The van der Waals surface area contributed by atoms with Gasteiger partial charge in [-0.25, -0.2) is 4.98 Å². The van der Waals surface area contributed by atoms with Crippen molar-refractivity contribution < 1.29 is 9.53 Å². The molecule has 0 spiro atoms.